The Bertz CT molecular complexity index is 1070. The molecule has 0 amide bonds. The number of rotatable bonds is 5. The van der Waals surface area contributed by atoms with Crippen molar-refractivity contribution in [3.63, 3.8) is 0 Å². The van der Waals surface area contributed by atoms with Crippen LogP contribution in [0.1, 0.15) is 5.56 Å². The minimum Gasteiger partial charge on any atom is -0.483 e. The third-order valence-corrected chi connectivity index (χ3v) is 6.50. The predicted molar refractivity (Wildman–Crippen MR) is 106 cm³/mol. The lowest BCUT2D eigenvalue weighted by Gasteiger charge is -2.26. The van der Waals surface area contributed by atoms with Crippen molar-refractivity contribution in [2.45, 2.75) is 13.5 Å². The van der Waals surface area contributed by atoms with E-state index in [-0.39, 0.29) is 12.2 Å². The van der Waals surface area contributed by atoms with Crippen LogP contribution in [0.15, 0.2) is 36.9 Å². The summed E-state index contributed by atoms with van der Waals surface area (Å²) in [6.45, 7) is 3.88. The largest absolute Gasteiger partial charge is 0.483 e. The molecule has 29 heavy (non-hydrogen) atoms. The number of pyridine rings is 1. The van der Waals surface area contributed by atoms with E-state index in [1.165, 1.54) is 4.31 Å². The Labute approximate surface area is 168 Å². The fraction of sp³-hybridized carbons (Fsp3) is 0.389. The van der Waals surface area contributed by atoms with Gasteiger partial charge in [-0.1, -0.05) is 6.07 Å². The number of hydrogen-bond acceptors (Lipinski definition) is 6. The van der Waals surface area contributed by atoms with Crippen LogP contribution in [0.3, 0.4) is 0 Å². The minimum absolute atomic E-state index is 0.0363. The smallest absolute Gasteiger partial charge is 0.290 e. The summed E-state index contributed by atoms with van der Waals surface area (Å²) in [5.74, 6) is 0.764. The van der Waals surface area contributed by atoms with E-state index in [1.807, 2.05) is 40.5 Å². The summed E-state index contributed by atoms with van der Waals surface area (Å²) in [7, 11) is -3.31. The van der Waals surface area contributed by atoms with Crippen molar-refractivity contribution in [1.29, 1.82) is 0 Å². The van der Waals surface area contributed by atoms with Crippen LogP contribution in [0, 0.1) is 6.92 Å². The summed E-state index contributed by atoms with van der Waals surface area (Å²) < 4.78 is 35.6. The van der Waals surface area contributed by atoms with Crippen molar-refractivity contribution in [2.24, 2.45) is 0 Å². The molecule has 10 nitrogen and oxygen atoms in total. The van der Waals surface area contributed by atoms with Crippen LogP contribution in [0.4, 0.5) is 0 Å². The number of sulfonamides is 1. The van der Waals surface area contributed by atoms with Crippen LogP contribution in [-0.4, -0.2) is 75.5 Å². The highest BCUT2D eigenvalue weighted by Gasteiger charge is 2.24. The van der Waals surface area contributed by atoms with Crippen molar-refractivity contribution in [3.8, 4) is 11.4 Å². The summed E-state index contributed by atoms with van der Waals surface area (Å²) in [6.07, 6.45) is 7.17. The maximum absolute atomic E-state index is 12.6. The lowest BCUT2D eigenvalue weighted by atomic mass is 10.2. The third kappa shape index (κ3) is 4.63. The normalized spacial score (nSPS) is 15.1. The first-order valence-corrected chi connectivity index (χ1v) is 10.7. The first kappa shape index (κ1) is 21.0. The molecule has 0 unspecified atom stereocenters. The number of fused-ring (bicyclic) bond motifs is 1. The molecule has 4 heterocycles. The summed E-state index contributed by atoms with van der Waals surface area (Å²) in [5.41, 5.74) is 2.98. The molecule has 1 saturated heterocycles. The molecule has 0 radical (unpaired) electrons. The Morgan fingerprint density at radius 3 is 2.72 bits per heavy atom. The molecule has 0 atom stereocenters. The van der Waals surface area contributed by atoms with E-state index in [1.54, 1.807) is 12.4 Å². The van der Waals surface area contributed by atoms with Gasteiger partial charge >= 0.3 is 0 Å². The van der Waals surface area contributed by atoms with Crippen molar-refractivity contribution >= 4 is 22.0 Å². The molecule has 0 bridgehead atoms. The third-order valence-electron chi connectivity index (χ3n) is 4.65. The highest BCUT2D eigenvalue weighted by molar-refractivity contribution is 7.89. The molecule has 156 valence electrons. The lowest BCUT2D eigenvalue weighted by molar-refractivity contribution is -0.122. The molecular weight excluding hydrogens is 398 g/mol. The Balaban J connectivity index is 0.000000755. The molecule has 0 aromatic carbocycles. The van der Waals surface area contributed by atoms with Crippen LogP contribution >= 0.6 is 0 Å². The fourth-order valence-corrected chi connectivity index (χ4v) is 4.67. The molecule has 1 aliphatic rings. The number of nitrogens with zero attached hydrogens (tertiary/aromatic N) is 5. The van der Waals surface area contributed by atoms with Gasteiger partial charge in [0.2, 0.25) is 10.0 Å². The van der Waals surface area contributed by atoms with Crippen molar-refractivity contribution in [1.82, 2.24) is 23.5 Å². The van der Waals surface area contributed by atoms with Gasteiger partial charge in [0.25, 0.3) is 6.47 Å². The number of hydrogen-bond donors (Lipinski definition) is 1. The van der Waals surface area contributed by atoms with Gasteiger partial charge in [-0.3, -0.25) is 4.79 Å². The second-order valence-corrected chi connectivity index (χ2v) is 8.51. The highest BCUT2D eigenvalue weighted by Crippen LogP contribution is 2.25. The molecule has 3 aromatic heterocycles. The summed E-state index contributed by atoms with van der Waals surface area (Å²) in [5, 5.41) is 11.3. The van der Waals surface area contributed by atoms with E-state index >= 15 is 0 Å². The number of aryl methyl sites for hydroxylation is 2. The lowest BCUT2D eigenvalue weighted by Crippen LogP contribution is -2.42. The van der Waals surface area contributed by atoms with Crippen LogP contribution in [0.2, 0.25) is 0 Å². The zero-order valence-electron chi connectivity index (χ0n) is 16.0. The standard InChI is InChI=1S/C17H21N5O3S.CH2O2/c1-14-3-2-5-22-16(14)15(13-19-22)17-18-4-6-20(17)9-12-26(23,24)21-7-10-25-11-8-21;2-1-3/h2-6,13H,7-12H2,1H3;1H,(H,2,3). The van der Waals surface area contributed by atoms with E-state index in [0.717, 1.165) is 22.5 Å². The van der Waals surface area contributed by atoms with Crippen molar-refractivity contribution in [2.75, 3.05) is 32.1 Å². The first-order chi connectivity index (χ1) is 14.0. The van der Waals surface area contributed by atoms with E-state index in [2.05, 4.69) is 10.1 Å². The predicted octanol–water partition coefficient (Wildman–Crippen LogP) is 0.869. The molecule has 11 heteroatoms. The Morgan fingerprint density at radius 1 is 1.28 bits per heavy atom. The molecule has 1 aliphatic heterocycles. The fourth-order valence-electron chi connectivity index (χ4n) is 3.28. The van der Waals surface area contributed by atoms with Gasteiger partial charge in [0.05, 0.1) is 36.2 Å². The number of imidazole rings is 1. The maximum atomic E-state index is 12.6. The van der Waals surface area contributed by atoms with Gasteiger partial charge in [0.1, 0.15) is 5.82 Å². The first-order valence-electron chi connectivity index (χ1n) is 9.06. The quantitative estimate of drug-likeness (QED) is 0.607. The Hall–Kier alpha value is -2.76. The second kappa shape index (κ2) is 9.16. The van der Waals surface area contributed by atoms with Crippen LogP contribution in [0.5, 0.6) is 0 Å². The second-order valence-electron chi connectivity index (χ2n) is 6.42. The zero-order chi connectivity index (χ0) is 20.9. The highest BCUT2D eigenvalue weighted by atomic mass is 32.2. The minimum atomic E-state index is -3.31. The molecule has 0 spiro atoms. The average molecular weight is 421 g/mol. The van der Waals surface area contributed by atoms with Gasteiger partial charge in [-0.2, -0.15) is 9.40 Å². The van der Waals surface area contributed by atoms with E-state index < -0.39 is 10.0 Å². The number of morpholine rings is 1. The summed E-state index contributed by atoms with van der Waals surface area (Å²) >= 11 is 0. The van der Waals surface area contributed by atoms with Gasteiger partial charge < -0.3 is 14.4 Å². The van der Waals surface area contributed by atoms with E-state index in [9.17, 15) is 8.42 Å². The van der Waals surface area contributed by atoms with E-state index in [4.69, 9.17) is 14.6 Å². The average Bonchev–Trinajstić information content (AvgIpc) is 3.35. The Morgan fingerprint density at radius 2 is 2.00 bits per heavy atom. The number of ether oxygens (including phenoxy) is 1. The number of carboxylic acid groups (broad SMARTS) is 1. The van der Waals surface area contributed by atoms with Gasteiger partial charge in [0, 0.05) is 38.2 Å². The maximum Gasteiger partial charge on any atom is 0.290 e. The Kier molecular flexibility index (Phi) is 6.62. The van der Waals surface area contributed by atoms with Gasteiger partial charge in [-0.15, -0.1) is 0 Å². The number of aromatic nitrogens is 4. The molecule has 0 aliphatic carbocycles. The van der Waals surface area contributed by atoms with Crippen LogP contribution in [-0.2, 0) is 26.1 Å². The molecule has 0 saturated carbocycles. The van der Waals surface area contributed by atoms with Gasteiger partial charge in [-0.25, -0.2) is 17.9 Å². The zero-order valence-corrected chi connectivity index (χ0v) is 16.8. The van der Waals surface area contributed by atoms with Crippen molar-refractivity contribution in [3.05, 3.63) is 42.5 Å². The van der Waals surface area contributed by atoms with Crippen LogP contribution < -0.4 is 0 Å². The van der Waals surface area contributed by atoms with Crippen LogP contribution in [0.25, 0.3) is 16.9 Å². The molecule has 1 fully saturated rings. The molecular formula is C18H23N5O5S. The topological polar surface area (TPSA) is 119 Å². The monoisotopic (exact) mass is 421 g/mol. The van der Waals surface area contributed by atoms with Crippen molar-refractivity contribution < 1.29 is 23.1 Å². The SMILES string of the molecule is Cc1cccn2ncc(-c3nccn3CCS(=O)(=O)N3CCOCC3)c12.O=CO. The molecule has 1 N–H and O–H groups in total. The summed E-state index contributed by atoms with van der Waals surface area (Å²) in [6, 6.07) is 3.97. The molecule has 4 rings (SSSR count). The van der Waals surface area contributed by atoms with Gasteiger partial charge in [0.15, 0.2) is 0 Å². The molecule has 3 aromatic rings. The number of carbonyl (C=O) groups is 1. The van der Waals surface area contributed by atoms with Gasteiger partial charge in [-0.05, 0) is 18.6 Å². The van der Waals surface area contributed by atoms with E-state index in [0.29, 0.717) is 32.8 Å². The summed E-state index contributed by atoms with van der Waals surface area (Å²) in [4.78, 5) is 12.8.